The average molecular weight is 1690 g/mol. The molecule has 0 spiro atoms. The van der Waals surface area contributed by atoms with Crippen LogP contribution in [-0.4, -0.2) is 15.3 Å². The first-order chi connectivity index (χ1) is 58.1. The van der Waals surface area contributed by atoms with Crippen LogP contribution in [0.5, 0.6) is 51.7 Å². The van der Waals surface area contributed by atoms with Gasteiger partial charge in [0.25, 0.3) is 44.2 Å². The highest BCUT2D eigenvalue weighted by atomic mass is 31.2. The Balaban J connectivity index is 0.000000196. The molecule has 3 N–H and O–H groups in total. The zero-order chi connectivity index (χ0) is 82.1. The zero-order valence-electron chi connectivity index (χ0n) is 64.9. The highest BCUT2D eigenvalue weighted by molar-refractivity contribution is 7.69. The Labute approximate surface area is 694 Å². The SMILES string of the molecule is CC(C)(c1cc(CP2(=O)Oc3ccccc3-c3ccccc32)c(O)c(CP2(=O)Oc3ccccc3-c3ccccc32)c1)c1cc(CP2(=O)Oc3ccccc3-c3ccccc32)c(O)c(CP2(=O)Oc3ccccc3-c3ccccc32)c1.O=P1(Cc2cccc(CP3(=O)Oc4ccccc4-c4ccccc43)c2O)Oc2ccccc2-c2ccccc21. The van der Waals surface area contributed by atoms with Crippen molar-refractivity contribution in [3.8, 4) is 119 Å². The molecule has 0 aromatic heterocycles. The third-order valence-electron chi connectivity index (χ3n) is 23.6. The molecule has 21 heteroatoms. The summed E-state index contributed by atoms with van der Waals surface area (Å²) in [7, 11) is -22.3. The van der Waals surface area contributed by atoms with Gasteiger partial charge in [0.15, 0.2) is 0 Å². The Morgan fingerprint density at radius 3 is 0.567 bits per heavy atom. The minimum Gasteiger partial charge on any atom is -0.507 e. The lowest BCUT2D eigenvalue weighted by molar-refractivity contribution is 0.454. The van der Waals surface area contributed by atoms with Gasteiger partial charge in [-0.1, -0.05) is 275 Å². The van der Waals surface area contributed by atoms with Crippen LogP contribution in [0.25, 0.3) is 66.8 Å². The molecule has 15 aromatic carbocycles. The molecule has 0 fully saturated rings. The van der Waals surface area contributed by atoms with Crippen LogP contribution in [0.4, 0.5) is 0 Å². The number of rotatable bonds is 14. The molecule has 6 aliphatic heterocycles. The van der Waals surface area contributed by atoms with Crippen molar-refractivity contribution in [2.45, 2.75) is 56.2 Å². The maximum Gasteiger partial charge on any atom is 0.282 e. The largest absolute Gasteiger partial charge is 0.507 e. The number of phenols is 3. The predicted molar refractivity (Wildman–Crippen MR) is 477 cm³/mol. The molecule has 15 aromatic rings. The summed E-state index contributed by atoms with van der Waals surface area (Å²) >= 11 is 0. The van der Waals surface area contributed by atoms with Crippen LogP contribution in [0.2, 0.25) is 0 Å². The molecule has 6 atom stereocenters. The molecule has 21 rings (SSSR count). The highest BCUT2D eigenvalue weighted by Gasteiger charge is 2.46. The van der Waals surface area contributed by atoms with E-state index in [0.29, 0.717) is 88.6 Å². The standard InChI is InChI=1S/C67H52O10P4.C32H24O5P2/c1-67(2,47-35-43(39-78(70)61-31-15-7-23-53(61)49-19-3-11-27-57(49)74-78)65(68)44(36-47)40-79(71)62-32-16-8-24-54(62)50-20-4-12-28-58(50)75-79)48-37-45(41-80(72)63-33-17-9-25-55(63)51-21-5-13-29-59(51)76-80)66(69)46(38-48)42-81(73)64-34-18-10-26-56(64)52-22-6-14-30-60(52)77-81;33-32-22(20-38(34)30-18-7-3-14-26(30)24-12-1-5-16-28(24)36-38)10-9-11-23(32)21-39(35)31-19-8-4-15-27(31)25-13-2-6-17-29(25)37-39/h3-38,68-69H,39-42H2,1-2H3;1-19,33H,20-21H2. The predicted octanol–water partition coefficient (Wildman–Crippen LogP) is 23.8. The fraction of sp³-hybridized carbons (Fsp3) is 0.0909. The van der Waals surface area contributed by atoms with Crippen LogP contribution in [0, 0.1) is 0 Å². The molecule has 0 aliphatic carbocycles. The normalized spacial score (nSPS) is 20.5. The number of hydrogen-bond donors (Lipinski definition) is 3. The molecule has 15 nitrogen and oxygen atoms in total. The maximum atomic E-state index is 15.8. The van der Waals surface area contributed by atoms with Gasteiger partial charge in [0.1, 0.15) is 51.7 Å². The van der Waals surface area contributed by atoms with Crippen molar-refractivity contribution in [2.75, 3.05) is 0 Å². The summed E-state index contributed by atoms with van der Waals surface area (Å²) in [6.45, 7) is 3.97. The molecule has 6 aliphatic rings. The molecule has 6 unspecified atom stereocenters. The molecule has 0 radical (unpaired) electrons. The van der Waals surface area contributed by atoms with Crippen LogP contribution in [0.15, 0.2) is 334 Å². The molecular weight excluding hydrogens is 1610 g/mol. The van der Waals surface area contributed by atoms with E-state index in [-0.39, 0.29) is 76.5 Å². The van der Waals surface area contributed by atoms with Crippen molar-refractivity contribution >= 4 is 76.0 Å². The lowest BCUT2D eigenvalue weighted by Crippen LogP contribution is -2.23. The second kappa shape index (κ2) is 29.4. The van der Waals surface area contributed by atoms with Gasteiger partial charge >= 0.3 is 0 Å². The Morgan fingerprint density at radius 2 is 0.367 bits per heavy atom. The van der Waals surface area contributed by atoms with E-state index in [2.05, 4.69) is 0 Å². The maximum absolute atomic E-state index is 15.8. The molecular formula is C99H76O15P6. The van der Waals surface area contributed by atoms with Gasteiger partial charge in [0.05, 0.1) is 68.8 Å². The Morgan fingerprint density at radius 1 is 0.208 bits per heavy atom. The fourth-order valence-corrected chi connectivity index (χ4v) is 32.0. The van der Waals surface area contributed by atoms with Crippen molar-refractivity contribution in [2.24, 2.45) is 0 Å². The molecule has 0 bridgehead atoms. The third-order valence-corrected chi connectivity index (χ3v) is 37.9. The van der Waals surface area contributed by atoms with E-state index in [9.17, 15) is 24.4 Å². The van der Waals surface area contributed by atoms with Crippen LogP contribution < -0.4 is 59.0 Å². The molecule has 6 heterocycles. The van der Waals surface area contributed by atoms with Gasteiger partial charge in [-0.2, -0.15) is 0 Å². The number of benzene rings is 15. The quantitative estimate of drug-likeness (QED) is 0.0863. The van der Waals surface area contributed by atoms with Crippen molar-refractivity contribution in [3.05, 3.63) is 378 Å². The van der Waals surface area contributed by atoms with E-state index in [4.69, 9.17) is 27.1 Å². The van der Waals surface area contributed by atoms with Crippen LogP contribution >= 0.6 is 44.2 Å². The van der Waals surface area contributed by atoms with E-state index >= 15 is 18.3 Å². The van der Waals surface area contributed by atoms with Gasteiger partial charge in [-0.05, 0) is 117 Å². The number of phenolic OH excluding ortho intramolecular Hbond substituents is 3. The first kappa shape index (κ1) is 76.6. The second-order valence-corrected chi connectivity index (χ2v) is 45.4. The molecule has 0 saturated heterocycles. The van der Waals surface area contributed by atoms with Crippen molar-refractivity contribution in [1.82, 2.24) is 0 Å². The first-order valence-corrected chi connectivity index (χ1v) is 50.3. The summed E-state index contributed by atoms with van der Waals surface area (Å²) in [5.74, 6) is 2.49. The Kier molecular flexibility index (Phi) is 18.8. The van der Waals surface area contributed by atoms with Gasteiger partial charge in [-0.25, -0.2) is 0 Å². The Hall–Kier alpha value is -12.1. The monoisotopic (exact) mass is 1690 g/mol. The van der Waals surface area contributed by atoms with E-state index in [0.717, 1.165) is 66.8 Å². The third kappa shape index (κ3) is 13.1. The van der Waals surface area contributed by atoms with Crippen molar-refractivity contribution in [1.29, 1.82) is 0 Å². The molecule has 592 valence electrons. The zero-order valence-corrected chi connectivity index (χ0v) is 70.3. The topological polar surface area (TPSA) is 218 Å². The van der Waals surface area contributed by atoms with Gasteiger partial charge in [0.2, 0.25) is 0 Å². The number of aromatic hydroxyl groups is 3. The van der Waals surface area contributed by atoms with Gasteiger partial charge in [-0.3, -0.25) is 27.4 Å². The second-order valence-electron chi connectivity index (χ2n) is 31.5. The number of para-hydroxylation sites is 7. The fourth-order valence-electron chi connectivity index (χ4n) is 17.7. The summed E-state index contributed by atoms with van der Waals surface area (Å²) in [6, 6.07) is 102. The van der Waals surface area contributed by atoms with Crippen LogP contribution in [0.3, 0.4) is 0 Å². The summed E-state index contributed by atoms with van der Waals surface area (Å²) in [6.07, 6.45) is -0.937. The van der Waals surface area contributed by atoms with Crippen molar-refractivity contribution in [3.63, 3.8) is 0 Å². The molecule has 0 amide bonds. The number of hydrogen-bond acceptors (Lipinski definition) is 15. The van der Waals surface area contributed by atoms with Gasteiger partial charge < -0.3 is 42.5 Å². The Bertz CT molecular complexity index is 6430. The lowest BCUT2D eigenvalue weighted by Gasteiger charge is -2.33. The smallest absolute Gasteiger partial charge is 0.282 e. The van der Waals surface area contributed by atoms with E-state index in [1.807, 2.05) is 281 Å². The summed E-state index contributed by atoms with van der Waals surface area (Å²) in [5.41, 5.74) is 12.0. The van der Waals surface area contributed by atoms with E-state index < -0.39 is 49.6 Å². The molecule has 0 saturated carbocycles. The van der Waals surface area contributed by atoms with Gasteiger partial charge in [-0.15, -0.1) is 0 Å². The van der Waals surface area contributed by atoms with Crippen LogP contribution in [-0.2, 0) is 69.8 Å². The van der Waals surface area contributed by atoms with E-state index in [1.54, 1.807) is 66.7 Å². The number of fused-ring (bicyclic) bond motifs is 18. The van der Waals surface area contributed by atoms with Gasteiger partial charge in [0, 0.05) is 72.2 Å². The highest BCUT2D eigenvalue weighted by Crippen LogP contribution is 2.66. The summed E-state index contributed by atoms with van der Waals surface area (Å²) in [4.78, 5) is 0. The van der Waals surface area contributed by atoms with Crippen LogP contribution in [0.1, 0.15) is 58.4 Å². The average Bonchev–Trinajstić information content (AvgIpc) is 0.754. The lowest BCUT2D eigenvalue weighted by atomic mass is 9.76. The minimum absolute atomic E-state index is 0.00258. The summed E-state index contributed by atoms with van der Waals surface area (Å²) < 4.78 is 131. The summed E-state index contributed by atoms with van der Waals surface area (Å²) in [5, 5.41) is 40.3. The van der Waals surface area contributed by atoms with E-state index in [1.165, 1.54) is 0 Å². The first-order valence-electron chi connectivity index (χ1n) is 39.4. The minimum atomic E-state index is -3.87. The molecule has 120 heavy (non-hydrogen) atoms. The van der Waals surface area contributed by atoms with Crippen molar-refractivity contribution < 1.29 is 69.9 Å².